The second-order valence-electron chi connectivity index (χ2n) is 5.69. The molecule has 2 atom stereocenters. The minimum absolute atomic E-state index is 0.00131. The Bertz CT molecular complexity index is 668. The van der Waals surface area contributed by atoms with E-state index >= 15 is 0 Å². The number of hydrogen-bond donors (Lipinski definition) is 2. The number of rotatable bonds is 3. The second-order valence-corrected chi connectivity index (χ2v) is 6.60. The van der Waals surface area contributed by atoms with Gasteiger partial charge in [0.2, 0.25) is 0 Å². The molecule has 0 bridgehead atoms. The first-order valence-electron chi connectivity index (χ1n) is 7.33. The molecule has 6 heteroatoms. The summed E-state index contributed by atoms with van der Waals surface area (Å²) in [4.78, 5) is 20.5. The number of amides is 1. The summed E-state index contributed by atoms with van der Waals surface area (Å²) in [5.41, 5.74) is 2.04. The maximum atomic E-state index is 11.2. The third kappa shape index (κ3) is 2.88. The van der Waals surface area contributed by atoms with E-state index in [1.54, 1.807) is 7.05 Å². The molecule has 0 saturated heterocycles. The highest BCUT2D eigenvalue weighted by molar-refractivity contribution is 9.10. The fourth-order valence-electron chi connectivity index (χ4n) is 3.17. The standard InChI is InChI=1S/C16H18BrN3O2/c1-20(16(21)22)14-4-2-3-12(14)15-18-9-13(19-15)10-5-7-11(17)8-6-10/h5-9,12,14H,2-4H2,1H3,(H,18,19)(H,21,22)/t12-,14-/m0/s1. The van der Waals surface area contributed by atoms with Gasteiger partial charge in [-0.15, -0.1) is 0 Å². The molecule has 5 nitrogen and oxygen atoms in total. The summed E-state index contributed by atoms with van der Waals surface area (Å²) in [6, 6.07) is 8.04. The number of H-pyrrole nitrogens is 1. The molecule has 0 aliphatic heterocycles. The van der Waals surface area contributed by atoms with E-state index in [1.165, 1.54) is 4.90 Å². The number of nitrogens with one attached hydrogen (secondary N) is 1. The van der Waals surface area contributed by atoms with Crippen molar-refractivity contribution in [3.63, 3.8) is 0 Å². The minimum atomic E-state index is -0.878. The molecule has 1 aromatic heterocycles. The maximum Gasteiger partial charge on any atom is 0.407 e. The number of carboxylic acid groups (broad SMARTS) is 1. The number of carbonyl (C=O) groups is 1. The van der Waals surface area contributed by atoms with Crippen LogP contribution >= 0.6 is 15.9 Å². The second kappa shape index (κ2) is 6.12. The van der Waals surface area contributed by atoms with Gasteiger partial charge in [-0.1, -0.05) is 34.5 Å². The summed E-state index contributed by atoms with van der Waals surface area (Å²) in [6.07, 6.45) is 3.84. The number of nitrogens with zero attached hydrogens (tertiary/aromatic N) is 2. The number of aromatic amines is 1. The van der Waals surface area contributed by atoms with Crippen molar-refractivity contribution in [1.82, 2.24) is 14.9 Å². The zero-order valence-electron chi connectivity index (χ0n) is 12.3. The Morgan fingerprint density at radius 2 is 2.09 bits per heavy atom. The van der Waals surface area contributed by atoms with Crippen LogP contribution in [-0.4, -0.2) is 39.2 Å². The third-order valence-corrected chi connectivity index (χ3v) is 4.91. The predicted octanol–water partition coefficient (Wildman–Crippen LogP) is 4.09. The van der Waals surface area contributed by atoms with E-state index in [0.717, 1.165) is 40.8 Å². The molecule has 1 amide bonds. The van der Waals surface area contributed by atoms with E-state index in [4.69, 9.17) is 0 Å². The molecule has 2 N–H and O–H groups in total. The van der Waals surface area contributed by atoms with E-state index in [2.05, 4.69) is 25.9 Å². The zero-order valence-corrected chi connectivity index (χ0v) is 13.9. The number of halogens is 1. The fourth-order valence-corrected chi connectivity index (χ4v) is 3.43. The number of hydrogen-bond acceptors (Lipinski definition) is 2. The predicted molar refractivity (Wildman–Crippen MR) is 87.9 cm³/mol. The summed E-state index contributed by atoms with van der Waals surface area (Å²) < 4.78 is 1.04. The van der Waals surface area contributed by atoms with Gasteiger partial charge in [-0.25, -0.2) is 9.78 Å². The van der Waals surface area contributed by atoms with Gasteiger partial charge in [0, 0.05) is 23.5 Å². The molecule has 1 aromatic carbocycles. The van der Waals surface area contributed by atoms with Gasteiger partial charge in [0.05, 0.1) is 11.9 Å². The van der Waals surface area contributed by atoms with E-state index in [0.29, 0.717) is 0 Å². The van der Waals surface area contributed by atoms with Crippen LogP contribution in [0.25, 0.3) is 11.3 Å². The first-order valence-corrected chi connectivity index (χ1v) is 8.12. The highest BCUT2D eigenvalue weighted by atomic mass is 79.9. The lowest BCUT2D eigenvalue weighted by Crippen LogP contribution is -2.37. The van der Waals surface area contributed by atoms with Crippen LogP contribution in [0.5, 0.6) is 0 Å². The van der Waals surface area contributed by atoms with Crippen molar-refractivity contribution in [2.75, 3.05) is 7.05 Å². The van der Waals surface area contributed by atoms with Crippen molar-refractivity contribution >= 4 is 22.0 Å². The molecular weight excluding hydrogens is 346 g/mol. The lowest BCUT2D eigenvalue weighted by atomic mass is 10.0. The Hall–Kier alpha value is -1.82. The van der Waals surface area contributed by atoms with Gasteiger partial charge in [-0.3, -0.25) is 0 Å². The van der Waals surface area contributed by atoms with Crippen LogP contribution < -0.4 is 0 Å². The summed E-state index contributed by atoms with van der Waals surface area (Å²) in [6.45, 7) is 0. The molecule has 1 aliphatic rings. The van der Waals surface area contributed by atoms with E-state index in [9.17, 15) is 9.90 Å². The first kappa shape index (κ1) is 15.1. The molecule has 0 unspecified atom stereocenters. The van der Waals surface area contributed by atoms with E-state index in [1.807, 2.05) is 30.5 Å². The van der Waals surface area contributed by atoms with Crippen LogP contribution in [0.3, 0.4) is 0 Å². The highest BCUT2D eigenvalue weighted by Crippen LogP contribution is 2.36. The molecule has 1 aliphatic carbocycles. The van der Waals surface area contributed by atoms with Crippen LogP contribution in [0, 0.1) is 0 Å². The molecule has 116 valence electrons. The average molecular weight is 364 g/mol. The van der Waals surface area contributed by atoms with Crippen LogP contribution in [0.15, 0.2) is 34.9 Å². The number of likely N-dealkylation sites (N-methyl/N-ethyl adjacent to an activating group) is 1. The van der Waals surface area contributed by atoms with Crippen molar-refractivity contribution < 1.29 is 9.90 Å². The van der Waals surface area contributed by atoms with Crippen LogP contribution in [0.2, 0.25) is 0 Å². The van der Waals surface area contributed by atoms with Gasteiger partial charge >= 0.3 is 6.09 Å². The smallest absolute Gasteiger partial charge is 0.407 e. The van der Waals surface area contributed by atoms with Gasteiger partial charge in [-0.05, 0) is 30.5 Å². The quantitative estimate of drug-likeness (QED) is 0.862. The Morgan fingerprint density at radius 3 is 2.77 bits per heavy atom. The summed E-state index contributed by atoms with van der Waals surface area (Å²) in [5.74, 6) is 1.03. The Balaban J connectivity index is 1.83. The number of imidazole rings is 1. The van der Waals surface area contributed by atoms with Crippen LogP contribution in [0.1, 0.15) is 31.0 Å². The van der Waals surface area contributed by atoms with Gasteiger partial charge in [-0.2, -0.15) is 0 Å². The zero-order chi connectivity index (χ0) is 15.7. The van der Waals surface area contributed by atoms with Crippen LogP contribution in [0.4, 0.5) is 4.79 Å². The van der Waals surface area contributed by atoms with Crippen LogP contribution in [-0.2, 0) is 0 Å². The van der Waals surface area contributed by atoms with Gasteiger partial charge in [0.25, 0.3) is 0 Å². The number of aromatic nitrogens is 2. The molecule has 22 heavy (non-hydrogen) atoms. The molecule has 2 aromatic rings. The summed E-state index contributed by atoms with van der Waals surface area (Å²) in [7, 11) is 1.64. The van der Waals surface area contributed by atoms with Gasteiger partial charge < -0.3 is 15.0 Å². The molecule has 3 rings (SSSR count). The minimum Gasteiger partial charge on any atom is -0.465 e. The van der Waals surface area contributed by atoms with Crippen molar-refractivity contribution in [3.8, 4) is 11.3 Å². The maximum absolute atomic E-state index is 11.2. The molecule has 1 fully saturated rings. The largest absolute Gasteiger partial charge is 0.465 e. The Labute approximate surface area is 137 Å². The molecule has 0 radical (unpaired) electrons. The Kier molecular flexibility index (Phi) is 4.20. The Morgan fingerprint density at radius 1 is 1.36 bits per heavy atom. The van der Waals surface area contributed by atoms with Crippen molar-refractivity contribution in [1.29, 1.82) is 0 Å². The van der Waals surface area contributed by atoms with E-state index < -0.39 is 6.09 Å². The third-order valence-electron chi connectivity index (χ3n) is 4.38. The van der Waals surface area contributed by atoms with Crippen molar-refractivity contribution in [3.05, 3.63) is 40.8 Å². The summed E-state index contributed by atoms with van der Waals surface area (Å²) >= 11 is 3.43. The average Bonchev–Trinajstić information content (AvgIpc) is 3.15. The first-order chi connectivity index (χ1) is 10.6. The van der Waals surface area contributed by atoms with Crippen molar-refractivity contribution in [2.45, 2.75) is 31.2 Å². The van der Waals surface area contributed by atoms with Gasteiger partial charge in [0.15, 0.2) is 0 Å². The van der Waals surface area contributed by atoms with Gasteiger partial charge in [0.1, 0.15) is 5.82 Å². The normalized spacial score (nSPS) is 21.0. The molecular formula is C16H18BrN3O2. The molecule has 1 heterocycles. The lowest BCUT2D eigenvalue weighted by Gasteiger charge is -2.26. The topological polar surface area (TPSA) is 69.2 Å². The molecule has 1 saturated carbocycles. The SMILES string of the molecule is CN(C(=O)O)[C@H]1CCC[C@@H]1c1ncc(-c2ccc(Br)cc2)[nH]1. The highest BCUT2D eigenvalue weighted by Gasteiger charge is 2.35. The lowest BCUT2D eigenvalue weighted by molar-refractivity contribution is 0.134. The number of benzene rings is 1. The monoisotopic (exact) mass is 363 g/mol. The van der Waals surface area contributed by atoms with E-state index in [-0.39, 0.29) is 12.0 Å². The fraction of sp³-hybridized carbons (Fsp3) is 0.375. The summed E-state index contributed by atoms with van der Waals surface area (Å²) in [5, 5.41) is 9.21. The molecule has 0 spiro atoms. The van der Waals surface area contributed by atoms with Crippen molar-refractivity contribution in [2.24, 2.45) is 0 Å².